The summed E-state index contributed by atoms with van der Waals surface area (Å²) in [7, 11) is 0. The van der Waals surface area contributed by atoms with Crippen molar-refractivity contribution >= 4 is 17.7 Å². The van der Waals surface area contributed by atoms with Crippen LogP contribution < -0.4 is 5.32 Å². The van der Waals surface area contributed by atoms with Gasteiger partial charge in [-0.2, -0.15) is 13.2 Å². The Balaban J connectivity index is 1.79. The molecule has 2 heterocycles. The fourth-order valence-electron chi connectivity index (χ4n) is 3.75. The Kier molecular flexibility index (Phi) is 6.38. The zero-order valence-corrected chi connectivity index (χ0v) is 17.3. The summed E-state index contributed by atoms with van der Waals surface area (Å²) in [5, 5.41) is 12.0. The van der Waals surface area contributed by atoms with Gasteiger partial charge >= 0.3 is 12.1 Å². The summed E-state index contributed by atoms with van der Waals surface area (Å²) in [6.07, 6.45) is 3.02. The molecule has 1 saturated carbocycles. The third kappa shape index (κ3) is 5.23. The average Bonchev–Trinajstić information content (AvgIpc) is 3.38. The number of nitrogens with one attached hydrogen (secondary N) is 1. The molecule has 0 saturated heterocycles. The molecule has 31 heavy (non-hydrogen) atoms. The zero-order chi connectivity index (χ0) is 22.8. The molecule has 7 nitrogen and oxygen atoms in total. The second-order valence-corrected chi connectivity index (χ2v) is 8.46. The number of carboxylic acids is 1. The van der Waals surface area contributed by atoms with Crippen LogP contribution in [0.4, 0.5) is 19.0 Å². The first-order chi connectivity index (χ1) is 14.5. The zero-order valence-electron chi connectivity index (χ0n) is 17.3. The fraction of sp³-hybridized carbons (Fsp3) is 0.524. The van der Waals surface area contributed by atoms with Crippen molar-refractivity contribution < 1.29 is 27.9 Å². The number of rotatable bonds is 7. The van der Waals surface area contributed by atoms with Crippen LogP contribution in [0.1, 0.15) is 63.3 Å². The molecule has 0 spiro atoms. The molecule has 10 heteroatoms. The first-order valence-corrected chi connectivity index (χ1v) is 10.1. The third-order valence-corrected chi connectivity index (χ3v) is 5.86. The maximum absolute atomic E-state index is 13.0. The standard InChI is InChI=1S/C21H25F3N4O3/c1-20(2,19(30)31)14-7-8-17(25-10-14)27-18(29)15(9-13-5-3-4-6-13)28-11-16(26-12-28)21(22,23)24/h7-8,10-13,15H,3-6,9H2,1-2H3,(H,30,31)(H,25,27,29). The Morgan fingerprint density at radius 2 is 1.90 bits per heavy atom. The summed E-state index contributed by atoms with van der Waals surface area (Å²) in [6, 6.07) is 2.19. The highest BCUT2D eigenvalue weighted by Gasteiger charge is 2.35. The van der Waals surface area contributed by atoms with E-state index in [9.17, 15) is 27.9 Å². The molecule has 1 fully saturated rings. The van der Waals surface area contributed by atoms with Crippen molar-refractivity contribution in [3.8, 4) is 0 Å². The smallest absolute Gasteiger partial charge is 0.434 e. The van der Waals surface area contributed by atoms with Gasteiger partial charge < -0.3 is 15.0 Å². The van der Waals surface area contributed by atoms with Gasteiger partial charge in [-0.1, -0.05) is 31.7 Å². The normalized spacial score (nSPS) is 16.3. The molecule has 2 N–H and O–H groups in total. The number of hydrogen-bond donors (Lipinski definition) is 2. The summed E-state index contributed by atoms with van der Waals surface area (Å²) in [6.45, 7) is 3.08. The van der Waals surface area contributed by atoms with Crippen molar-refractivity contribution in [2.24, 2.45) is 5.92 Å². The molecule has 1 aliphatic rings. The molecule has 1 aliphatic carbocycles. The molecule has 2 aromatic rings. The number of anilines is 1. The van der Waals surface area contributed by atoms with Gasteiger partial charge in [0, 0.05) is 12.4 Å². The minimum atomic E-state index is -4.59. The van der Waals surface area contributed by atoms with Gasteiger partial charge in [-0.05, 0) is 37.8 Å². The van der Waals surface area contributed by atoms with E-state index in [1.165, 1.54) is 16.8 Å². The first-order valence-electron chi connectivity index (χ1n) is 10.1. The molecule has 168 valence electrons. The quantitative estimate of drug-likeness (QED) is 0.667. The van der Waals surface area contributed by atoms with Crippen molar-refractivity contribution in [1.29, 1.82) is 0 Å². The van der Waals surface area contributed by atoms with E-state index in [2.05, 4.69) is 15.3 Å². The molecular weight excluding hydrogens is 413 g/mol. The van der Waals surface area contributed by atoms with E-state index >= 15 is 0 Å². The van der Waals surface area contributed by atoms with Gasteiger partial charge in [0.2, 0.25) is 5.91 Å². The minimum Gasteiger partial charge on any atom is -0.481 e. The number of imidazole rings is 1. The molecule has 0 radical (unpaired) electrons. The number of halogens is 3. The van der Waals surface area contributed by atoms with Crippen molar-refractivity contribution in [3.05, 3.63) is 42.1 Å². The van der Waals surface area contributed by atoms with Crippen LogP contribution in [0.3, 0.4) is 0 Å². The molecule has 1 atom stereocenters. The highest BCUT2D eigenvalue weighted by molar-refractivity contribution is 5.93. The van der Waals surface area contributed by atoms with Gasteiger partial charge in [-0.3, -0.25) is 9.59 Å². The molecule has 0 aromatic carbocycles. The highest BCUT2D eigenvalue weighted by atomic mass is 19.4. The van der Waals surface area contributed by atoms with Crippen LogP contribution in [0.2, 0.25) is 0 Å². The topological polar surface area (TPSA) is 97.1 Å². The number of amides is 1. The monoisotopic (exact) mass is 438 g/mol. The van der Waals surface area contributed by atoms with Crippen molar-refractivity contribution in [2.75, 3.05) is 5.32 Å². The molecule has 0 bridgehead atoms. The van der Waals surface area contributed by atoms with E-state index in [1.807, 2.05) is 0 Å². The molecular formula is C21H25F3N4O3. The van der Waals surface area contributed by atoms with Gasteiger partial charge in [0.25, 0.3) is 0 Å². The average molecular weight is 438 g/mol. The van der Waals surface area contributed by atoms with E-state index in [4.69, 9.17) is 0 Å². The summed E-state index contributed by atoms with van der Waals surface area (Å²) in [5.74, 6) is -1.05. The fourth-order valence-corrected chi connectivity index (χ4v) is 3.75. The van der Waals surface area contributed by atoms with Crippen LogP contribution in [-0.2, 0) is 21.2 Å². The minimum absolute atomic E-state index is 0.197. The summed E-state index contributed by atoms with van der Waals surface area (Å²) in [4.78, 5) is 31.9. The number of hydrogen-bond acceptors (Lipinski definition) is 4. The van der Waals surface area contributed by atoms with Gasteiger partial charge in [-0.15, -0.1) is 0 Å². The summed E-state index contributed by atoms with van der Waals surface area (Å²) < 4.78 is 40.1. The largest absolute Gasteiger partial charge is 0.481 e. The van der Waals surface area contributed by atoms with Crippen LogP contribution in [-0.4, -0.2) is 31.5 Å². The summed E-state index contributed by atoms with van der Waals surface area (Å²) >= 11 is 0. The van der Waals surface area contributed by atoms with E-state index in [1.54, 1.807) is 19.9 Å². The summed E-state index contributed by atoms with van der Waals surface area (Å²) in [5.41, 5.74) is -1.73. The molecule has 2 aromatic heterocycles. The Hall–Kier alpha value is -2.91. The molecule has 0 aliphatic heterocycles. The number of nitrogens with zero attached hydrogens (tertiary/aromatic N) is 3. The predicted octanol–water partition coefficient (Wildman–Crippen LogP) is 4.42. The maximum atomic E-state index is 13.0. The number of aromatic nitrogens is 3. The molecule has 3 rings (SSSR count). The van der Waals surface area contributed by atoms with Crippen molar-refractivity contribution in [3.63, 3.8) is 0 Å². The molecule has 1 unspecified atom stereocenters. The second kappa shape index (κ2) is 8.68. The van der Waals surface area contributed by atoms with Gasteiger partial charge in [0.05, 0.1) is 11.7 Å². The Morgan fingerprint density at radius 1 is 1.23 bits per heavy atom. The SMILES string of the molecule is CC(C)(C(=O)O)c1ccc(NC(=O)C(CC2CCCC2)n2cnc(C(F)(F)F)c2)nc1. The number of carbonyl (C=O) groups excluding carboxylic acids is 1. The Bertz CT molecular complexity index is 932. The van der Waals surface area contributed by atoms with E-state index < -0.39 is 35.2 Å². The van der Waals surface area contributed by atoms with Crippen molar-refractivity contribution in [1.82, 2.24) is 14.5 Å². The number of aliphatic carboxylic acids is 1. The Morgan fingerprint density at radius 3 is 2.42 bits per heavy atom. The maximum Gasteiger partial charge on any atom is 0.434 e. The van der Waals surface area contributed by atoms with E-state index in [0.717, 1.165) is 38.2 Å². The number of alkyl halides is 3. The molecule has 1 amide bonds. The van der Waals surface area contributed by atoms with E-state index in [0.29, 0.717) is 12.0 Å². The highest BCUT2D eigenvalue weighted by Crippen LogP contribution is 2.34. The number of carboxylic acid groups (broad SMARTS) is 1. The predicted molar refractivity (Wildman–Crippen MR) is 106 cm³/mol. The lowest BCUT2D eigenvalue weighted by atomic mass is 9.86. The second-order valence-electron chi connectivity index (χ2n) is 8.46. The van der Waals surface area contributed by atoms with Crippen LogP contribution in [0, 0.1) is 5.92 Å². The van der Waals surface area contributed by atoms with Crippen molar-refractivity contribution in [2.45, 2.75) is 63.6 Å². The number of pyridine rings is 1. The van der Waals surface area contributed by atoms with Crippen LogP contribution in [0.5, 0.6) is 0 Å². The lowest BCUT2D eigenvalue weighted by molar-refractivity contribution is -0.142. The van der Waals surface area contributed by atoms with Crippen LogP contribution >= 0.6 is 0 Å². The number of carbonyl (C=O) groups is 2. The van der Waals surface area contributed by atoms with Gasteiger partial charge in [-0.25, -0.2) is 9.97 Å². The lowest BCUT2D eigenvalue weighted by Gasteiger charge is -2.22. The van der Waals surface area contributed by atoms with Crippen LogP contribution in [0.15, 0.2) is 30.9 Å². The van der Waals surface area contributed by atoms with E-state index in [-0.39, 0.29) is 11.7 Å². The first kappa shape index (κ1) is 22.8. The van der Waals surface area contributed by atoms with Gasteiger partial charge in [0.1, 0.15) is 11.9 Å². The van der Waals surface area contributed by atoms with Crippen LogP contribution in [0.25, 0.3) is 0 Å². The lowest BCUT2D eigenvalue weighted by Crippen LogP contribution is -2.29. The third-order valence-electron chi connectivity index (χ3n) is 5.86. The Labute approximate surface area is 177 Å². The van der Waals surface area contributed by atoms with Gasteiger partial charge in [0.15, 0.2) is 5.69 Å².